The largest absolute Gasteiger partial charge is 0.494 e. The molecule has 2 aromatic rings. The van der Waals surface area contributed by atoms with E-state index in [1.54, 1.807) is 19.2 Å². The molecule has 2 fully saturated rings. The first kappa shape index (κ1) is 15.5. The number of urea groups is 1. The smallest absolute Gasteiger partial charge is 0.321 e. The molecule has 0 radical (unpaired) electrons. The average molecular weight is 367 g/mol. The number of anilines is 1. The number of halogens is 1. The second-order valence-corrected chi connectivity index (χ2v) is 7.37. The van der Waals surface area contributed by atoms with Crippen LogP contribution in [0.25, 0.3) is 10.2 Å². The van der Waals surface area contributed by atoms with Gasteiger partial charge in [0, 0.05) is 6.54 Å². The van der Waals surface area contributed by atoms with Crippen LogP contribution in [0.3, 0.4) is 0 Å². The highest BCUT2D eigenvalue weighted by molar-refractivity contribution is 7.23. The second kappa shape index (κ2) is 5.49. The van der Waals surface area contributed by atoms with Crippen molar-refractivity contribution in [2.75, 3.05) is 19.0 Å². The Balaban J connectivity index is 1.51. The highest BCUT2D eigenvalue weighted by Crippen LogP contribution is 2.51. The van der Waals surface area contributed by atoms with Crippen molar-refractivity contribution in [2.24, 2.45) is 5.41 Å². The number of rotatable bonds is 3. The summed E-state index contributed by atoms with van der Waals surface area (Å²) in [6.07, 6.45) is 1.63. The van der Waals surface area contributed by atoms with Crippen molar-refractivity contribution in [1.82, 2.24) is 15.6 Å². The summed E-state index contributed by atoms with van der Waals surface area (Å²) in [7, 11) is 1.56. The minimum Gasteiger partial charge on any atom is -0.494 e. The van der Waals surface area contributed by atoms with Gasteiger partial charge in [0.1, 0.15) is 11.3 Å². The number of ether oxygens (including phenoxy) is 1. The summed E-state index contributed by atoms with van der Waals surface area (Å²) in [6.45, 7) is 0.464. The predicted molar refractivity (Wildman–Crippen MR) is 91.8 cm³/mol. The maximum Gasteiger partial charge on any atom is 0.321 e. The highest BCUT2D eigenvalue weighted by Gasteiger charge is 2.59. The van der Waals surface area contributed by atoms with Gasteiger partial charge in [-0.1, -0.05) is 22.9 Å². The van der Waals surface area contributed by atoms with E-state index in [-0.39, 0.29) is 18.0 Å². The normalized spacial score (nSPS) is 20.9. The molecule has 1 atom stereocenters. The molecule has 3 N–H and O–H groups in total. The van der Waals surface area contributed by atoms with Gasteiger partial charge in [-0.05, 0) is 25.0 Å². The van der Waals surface area contributed by atoms with Crippen LogP contribution in [0.5, 0.6) is 5.75 Å². The molecule has 7 nitrogen and oxygen atoms in total. The number of carbonyl (C=O) groups excluding carboxylic acids is 2. The Labute approximate surface area is 146 Å². The summed E-state index contributed by atoms with van der Waals surface area (Å²) in [5, 5.41) is 9.38. The van der Waals surface area contributed by atoms with Crippen LogP contribution >= 0.6 is 22.9 Å². The Kier molecular flexibility index (Phi) is 3.54. The first-order chi connectivity index (χ1) is 11.5. The summed E-state index contributed by atoms with van der Waals surface area (Å²) in [4.78, 5) is 28.4. The van der Waals surface area contributed by atoms with Gasteiger partial charge in [-0.25, -0.2) is 9.78 Å². The summed E-state index contributed by atoms with van der Waals surface area (Å²) in [5.74, 6) is 0.630. The van der Waals surface area contributed by atoms with Crippen LogP contribution in [-0.2, 0) is 4.79 Å². The van der Waals surface area contributed by atoms with E-state index in [4.69, 9.17) is 16.3 Å². The number of amides is 3. The van der Waals surface area contributed by atoms with E-state index in [0.717, 1.165) is 17.5 Å². The van der Waals surface area contributed by atoms with E-state index >= 15 is 0 Å². The Morgan fingerprint density at radius 1 is 1.50 bits per heavy atom. The summed E-state index contributed by atoms with van der Waals surface area (Å²) >= 11 is 7.45. The molecule has 0 bridgehead atoms. The molecule has 1 aliphatic heterocycles. The average Bonchev–Trinajstić information content (AvgIpc) is 3.17. The first-order valence-electron chi connectivity index (χ1n) is 7.52. The standard InChI is InChI=1S/C15H15ClN4O3S/c1-23-8-3-2-7(16)11-10(8)19-14(24-11)20-13(22)18-9-6-17-12(21)15(9)4-5-15/h2-3,9H,4-6H2,1H3,(H,17,21)(H2,18,19,20,22). The van der Waals surface area contributed by atoms with Gasteiger partial charge in [0.15, 0.2) is 5.13 Å². The minimum absolute atomic E-state index is 0.0318. The maximum absolute atomic E-state index is 12.2. The van der Waals surface area contributed by atoms with Gasteiger partial charge in [-0.3, -0.25) is 10.1 Å². The van der Waals surface area contributed by atoms with Crippen LogP contribution in [0.4, 0.5) is 9.93 Å². The van der Waals surface area contributed by atoms with E-state index in [2.05, 4.69) is 20.9 Å². The van der Waals surface area contributed by atoms with Gasteiger partial charge in [0.05, 0.1) is 28.3 Å². The lowest BCUT2D eigenvalue weighted by Gasteiger charge is -2.16. The molecule has 2 aliphatic rings. The molecule has 4 rings (SSSR count). The van der Waals surface area contributed by atoms with Crippen molar-refractivity contribution in [3.05, 3.63) is 17.2 Å². The number of thiazole rings is 1. The van der Waals surface area contributed by atoms with E-state index in [1.807, 2.05) is 0 Å². The molecule has 1 aromatic carbocycles. The Morgan fingerprint density at radius 2 is 2.29 bits per heavy atom. The molecule has 1 saturated carbocycles. The van der Waals surface area contributed by atoms with E-state index in [9.17, 15) is 9.59 Å². The van der Waals surface area contributed by atoms with Gasteiger partial charge in [0.2, 0.25) is 5.91 Å². The van der Waals surface area contributed by atoms with Crippen LogP contribution < -0.4 is 20.7 Å². The monoisotopic (exact) mass is 366 g/mol. The highest BCUT2D eigenvalue weighted by atomic mass is 35.5. The third-order valence-corrected chi connectivity index (χ3v) is 6.01. The number of carbonyl (C=O) groups is 2. The minimum atomic E-state index is -0.405. The van der Waals surface area contributed by atoms with Gasteiger partial charge in [-0.2, -0.15) is 0 Å². The molecule has 1 unspecified atom stereocenters. The zero-order chi connectivity index (χ0) is 16.9. The molecule has 2 heterocycles. The first-order valence-corrected chi connectivity index (χ1v) is 8.72. The second-order valence-electron chi connectivity index (χ2n) is 5.96. The summed E-state index contributed by atoms with van der Waals surface area (Å²) < 4.78 is 6.02. The number of methoxy groups -OCH3 is 1. The van der Waals surface area contributed by atoms with Crippen LogP contribution in [0.2, 0.25) is 5.02 Å². The molecule has 9 heteroatoms. The van der Waals surface area contributed by atoms with Crippen LogP contribution in [0.15, 0.2) is 12.1 Å². The number of aromatic nitrogens is 1. The molecule has 1 spiro atoms. The molecule has 126 valence electrons. The fraction of sp³-hybridized carbons (Fsp3) is 0.400. The summed E-state index contributed by atoms with van der Waals surface area (Å²) in [6, 6.07) is 2.91. The SMILES string of the molecule is COc1ccc(Cl)c2sc(NC(=O)NC3CNC(=O)C34CC4)nc12. The lowest BCUT2D eigenvalue weighted by molar-refractivity contribution is -0.123. The van der Waals surface area contributed by atoms with Crippen molar-refractivity contribution < 1.29 is 14.3 Å². The molecule has 1 aliphatic carbocycles. The number of hydrogen-bond donors (Lipinski definition) is 3. The van der Waals surface area contributed by atoms with Crippen molar-refractivity contribution in [3.8, 4) is 5.75 Å². The molecular formula is C15H15ClN4O3S. The lowest BCUT2D eigenvalue weighted by atomic mass is 10.0. The lowest BCUT2D eigenvalue weighted by Crippen LogP contribution is -2.43. The number of nitrogens with zero attached hydrogens (tertiary/aromatic N) is 1. The van der Waals surface area contributed by atoms with Crippen molar-refractivity contribution in [3.63, 3.8) is 0 Å². The van der Waals surface area contributed by atoms with Gasteiger partial charge in [0.25, 0.3) is 0 Å². The van der Waals surface area contributed by atoms with Crippen LogP contribution in [-0.4, -0.2) is 36.6 Å². The third kappa shape index (κ3) is 2.37. The molecule has 3 amide bonds. The predicted octanol–water partition coefficient (Wildman–Crippen LogP) is 2.36. The fourth-order valence-electron chi connectivity index (χ4n) is 3.09. The van der Waals surface area contributed by atoms with E-state index < -0.39 is 5.41 Å². The molecule has 24 heavy (non-hydrogen) atoms. The molecule has 1 aromatic heterocycles. The molecular weight excluding hydrogens is 352 g/mol. The third-order valence-electron chi connectivity index (χ3n) is 4.58. The number of benzene rings is 1. The molecule has 1 saturated heterocycles. The van der Waals surface area contributed by atoms with Crippen molar-refractivity contribution in [1.29, 1.82) is 0 Å². The van der Waals surface area contributed by atoms with E-state index in [0.29, 0.717) is 28.0 Å². The zero-order valence-corrected chi connectivity index (χ0v) is 14.4. The maximum atomic E-state index is 12.2. The van der Waals surface area contributed by atoms with Gasteiger partial charge < -0.3 is 15.4 Å². The van der Waals surface area contributed by atoms with Crippen LogP contribution in [0, 0.1) is 5.41 Å². The Hall–Kier alpha value is -2.06. The van der Waals surface area contributed by atoms with Crippen molar-refractivity contribution >= 4 is 50.2 Å². The van der Waals surface area contributed by atoms with Gasteiger partial charge >= 0.3 is 6.03 Å². The zero-order valence-electron chi connectivity index (χ0n) is 12.8. The number of hydrogen-bond acceptors (Lipinski definition) is 5. The van der Waals surface area contributed by atoms with Gasteiger partial charge in [-0.15, -0.1) is 0 Å². The van der Waals surface area contributed by atoms with Crippen molar-refractivity contribution in [2.45, 2.75) is 18.9 Å². The fourth-order valence-corrected chi connectivity index (χ4v) is 4.24. The number of nitrogens with one attached hydrogen (secondary N) is 3. The quantitative estimate of drug-likeness (QED) is 0.777. The Bertz CT molecular complexity index is 849. The topological polar surface area (TPSA) is 92.4 Å². The number of fused-ring (bicyclic) bond motifs is 1. The van der Waals surface area contributed by atoms with Crippen LogP contribution in [0.1, 0.15) is 12.8 Å². The summed E-state index contributed by atoms with van der Waals surface area (Å²) in [5.41, 5.74) is 0.207. The Morgan fingerprint density at radius 3 is 3.00 bits per heavy atom. The van der Waals surface area contributed by atoms with E-state index in [1.165, 1.54) is 11.3 Å².